The van der Waals surface area contributed by atoms with Crippen LogP contribution in [0.25, 0.3) is 0 Å². The minimum absolute atomic E-state index is 0.0437. The molecule has 0 radical (unpaired) electrons. The third kappa shape index (κ3) is 2.69. The van der Waals surface area contributed by atoms with Crippen LogP contribution in [0.2, 0.25) is 0 Å². The molecule has 1 heterocycles. The van der Waals surface area contributed by atoms with Crippen LogP contribution in [0, 0.1) is 0 Å². The van der Waals surface area contributed by atoms with Crippen molar-refractivity contribution in [1.29, 1.82) is 0 Å². The van der Waals surface area contributed by atoms with Gasteiger partial charge < -0.3 is 5.11 Å². The predicted molar refractivity (Wildman–Crippen MR) is 80.9 cm³/mol. The first-order valence-electron chi connectivity index (χ1n) is 6.71. The summed E-state index contributed by atoms with van der Waals surface area (Å²) in [6.07, 6.45) is 0.754. The molecule has 1 unspecified atom stereocenters. The van der Waals surface area contributed by atoms with Crippen molar-refractivity contribution in [1.82, 2.24) is 0 Å². The highest BCUT2D eigenvalue weighted by molar-refractivity contribution is 7.93. The van der Waals surface area contributed by atoms with Gasteiger partial charge in [-0.1, -0.05) is 30.3 Å². The largest absolute Gasteiger partial charge is 0.478 e. The van der Waals surface area contributed by atoms with Gasteiger partial charge in [0.2, 0.25) is 0 Å². The first-order valence-corrected chi connectivity index (χ1v) is 8.39. The van der Waals surface area contributed by atoms with E-state index in [2.05, 4.69) is 4.36 Å². The Morgan fingerprint density at radius 2 is 1.76 bits per heavy atom. The second-order valence-corrected chi connectivity index (χ2v) is 7.37. The zero-order valence-electron chi connectivity index (χ0n) is 11.3. The fourth-order valence-electron chi connectivity index (χ4n) is 2.47. The Balaban J connectivity index is 1.94. The molecule has 1 N–H and O–H groups in total. The number of carboxylic acids is 1. The molecule has 0 amide bonds. The van der Waals surface area contributed by atoms with Gasteiger partial charge in [0.25, 0.3) is 0 Å². The van der Waals surface area contributed by atoms with Gasteiger partial charge in [-0.15, -0.1) is 0 Å². The maximum atomic E-state index is 12.9. The van der Waals surface area contributed by atoms with Crippen LogP contribution in [-0.4, -0.2) is 21.0 Å². The van der Waals surface area contributed by atoms with E-state index in [1.165, 1.54) is 12.1 Å². The molecule has 3 rings (SSSR count). The third-order valence-corrected chi connectivity index (χ3v) is 6.01. The van der Waals surface area contributed by atoms with Crippen molar-refractivity contribution < 1.29 is 14.1 Å². The standard InChI is InChI=1S/C16H15NO3S/c18-16(19)13-6-8-14(9-7-13)21(20)11-10-15(17-21)12-4-2-1-3-5-12/h1-9,15H,10-11H2,(H,18,19)/t15-,21?/m1/s1. The molecule has 21 heavy (non-hydrogen) atoms. The summed E-state index contributed by atoms with van der Waals surface area (Å²) in [5, 5.41) is 8.90. The van der Waals surface area contributed by atoms with Crippen molar-refractivity contribution in [2.24, 2.45) is 4.36 Å². The number of benzene rings is 2. The van der Waals surface area contributed by atoms with Crippen LogP contribution in [0.5, 0.6) is 0 Å². The highest BCUT2D eigenvalue weighted by Gasteiger charge is 2.25. The zero-order chi connectivity index (χ0) is 14.9. The third-order valence-electron chi connectivity index (χ3n) is 3.62. The summed E-state index contributed by atoms with van der Waals surface area (Å²) >= 11 is 0. The molecule has 5 heteroatoms. The Labute approximate surface area is 123 Å². The minimum Gasteiger partial charge on any atom is -0.478 e. The van der Waals surface area contributed by atoms with Crippen LogP contribution in [0.3, 0.4) is 0 Å². The lowest BCUT2D eigenvalue weighted by Gasteiger charge is -2.05. The SMILES string of the molecule is O=C(O)c1ccc(S2(=O)=N[C@@H](c3ccccc3)CC2)cc1. The molecule has 0 saturated carbocycles. The molecule has 0 fully saturated rings. The van der Waals surface area contributed by atoms with Gasteiger partial charge >= 0.3 is 5.97 Å². The molecule has 0 bridgehead atoms. The number of nitrogens with zero attached hydrogens (tertiary/aromatic N) is 1. The summed E-state index contributed by atoms with van der Waals surface area (Å²) in [6, 6.07) is 16.0. The van der Waals surface area contributed by atoms with Crippen LogP contribution >= 0.6 is 0 Å². The fraction of sp³-hybridized carbons (Fsp3) is 0.188. The second-order valence-electron chi connectivity index (χ2n) is 4.99. The van der Waals surface area contributed by atoms with E-state index in [0.29, 0.717) is 10.6 Å². The monoisotopic (exact) mass is 301 g/mol. The quantitative estimate of drug-likeness (QED) is 0.945. The Hall–Kier alpha value is -2.14. The molecule has 108 valence electrons. The molecule has 1 aliphatic rings. The average molecular weight is 301 g/mol. The van der Waals surface area contributed by atoms with E-state index in [0.717, 1.165) is 12.0 Å². The van der Waals surface area contributed by atoms with Gasteiger partial charge in [-0.25, -0.2) is 13.4 Å². The Bertz CT molecular complexity index is 775. The van der Waals surface area contributed by atoms with E-state index >= 15 is 0 Å². The first-order chi connectivity index (χ1) is 10.1. The van der Waals surface area contributed by atoms with E-state index in [4.69, 9.17) is 5.11 Å². The molecule has 1 aliphatic heterocycles. The maximum Gasteiger partial charge on any atom is 0.335 e. The van der Waals surface area contributed by atoms with E-state index in [-0.39, 0.29) is 11.6 Å². The van der Waals surface area contributed by atoms with Gasteiger partial charge in [-0.2, -0.15) is 0 Å². The lowest BCUT2D eigenvalue weighted by atomic mass is 10.1. The Kier molecular flexibility index (Phi) is 3.51. The molecule has 0 aliphatic carbocycles. The summed E-state index contributed by atoms with van der Waals surface area (Å²) in [7, 11) is -2.44. The zero-order valence-corrected chi connectivity index (χ0v) is 12.1. The predicted octanol–water partition coefficient (Wildman–Crippen LogP) is 3.36. The fourth-order valence-corrected chi connectivity index (χ4v) is 4.68. The van der Waals surface area contributed by atoms with Crippen molar-refractivity contribution in [3.63, 3.8) is 0 Å². The minimum atomic E-state index is -2.44. The van der Waals surface area contributed by atoms with Gasteiger partial charge in [0, 0.05) is 10.6 Å². The molecule has 0 aromatic heterocycles. The number of carboxylic acid groups (broad SMARTS) is 1. The summed E-state index contributed by atoms with van der Waals surface area (Å²) in [5.41, 5.74) is 1.27. The molecule has 4 nitrogen and oxygen atoms in total. The molecular weight excluding hydrogens is 286 g/mol. The molecule has 0 spiro atoms. The second kappa shape index (κ2) is 5.33. The molecule has 2 atom stereocenters. The first kappa shape index (κ1) is 13.8. The lowest BCUT2D eigenvalue weighted by molar-refractivity contribution is 0.0697. The number of carbonyl (C=O) groups is 1. The van der Waals surface area contributed by atoms with E-state index in [9.17, 15) is 9.00 Å². The molecule has 2 aromatic rings. The van der Waals surface area contributed by atoms with Crippen LogP contribution in [0.15, 0.2) is 63.9 Å². The number of rotatable bonds is 3. The van der Waals surface area contributed by atoms with Crippen molar-refractivity contribution in [2.75, 3.05) is 5.75 Å². The van der Waals surface area contributed by atoms with Crippen LogP contribution < -0.4 is 0 Å². The highest BCUT2D eigenvalue weighted by atomic mass is 32.2. The van der Waals surface area contributed by atoms with E-state index < -0.39 is 15.7 Å². The normalized spacial score (nSPS) is 24.5. The summed E-state index contributed by atoms with van der Waals surface area (Å²) in [4.78, 5) is 11.5. The highest BCUT2D eigenvalue weighted by Crippen LogP contribution is 2.33. The summed E-state index contributed by atoms with van der Waals surface area (Å²) < 4.78 is 17.5. The van der Waals surface area contributed by atoms with Crippen LogP contribution in [-0.2, 0) is 9.73 Å². The van der Waals surface area contributed by atoms with Crippen LogP contribution in [0.1, 0.15) is 28.4 Å². The van der Waals surface area contributed by atoms with Crippen molar-refractivity contribution >= 4 is 15.7 Å². The van der Waals surface area contributed by atoms with Gasteiger partial charge in [0.15, 0.2) is 0 Å². The smallest absolute Gasteiger partial charge is 0.335 e. The Morgan fingerprint density at radius 3 is 2.38 bits per heavy atom. The van der Waals surface area contributed by atoms with Gasteiger partial charge in [-0.05, 0) is 36.2 Å². The van der Waals surface area contributed by atoms with E-state index in [1.807, 2.05) is 30.3 Å². The maximum absolute atomic E-state index is 12.9. The van der Waals surface area contributed by atoms with Crippen molar-refractivity contribution in [3.05, 3.63) is 65.7 Å². The number of aromatic carboxylic acids is 1. The number of hydrogen-bond acceptors (Lipinski definition) is 3. The topological polar surface area (TPSA) is 66.7 Å². The summed E-state index contributed by atoms with van der Waals surface area (Å²) in [5.74, 6) is -0.471. The van der Waals surface area contributed by atoms with Gasteiger partial charge in [0.05, 0.1) is 21.3 Å². The number of hydrogen-bond donors (Lipinski definition) is 1. The molecule has 0 saturated heterocycles. The van der Waals surface area contributed by atoms with Crippen molar-refractivity contribution in [2.45, 2.75) is 17.4 Å². The van der Waals surface area contributed by atoms with E-state index in [1.54, 1.807) is 12.1 Å². The van der Waals surface area contributed by atoms with Gasteiger partial charge in [-0.3, -0.25) is 0 Å². The molecular formula is C16H15NO3S. The Morgan fingerprint density at radius 1 is 1.10 bits per heavy atom. The summed E-state index contributed by atoms with van der Waals surface area (Å²) in [6.45, 7) is 0. The lowest BCUT2D eigenvalue weighted by Crippen LogP contribution is -2.02. The van der Waals surface area contributed by atoms with Gasteiger partial charge in [0.1, 0.15) is 0 Å². The average Bonchev–Trinajstić information content (AvgIpc) is 2.92. The van der Waals surface area contributed by atoms with Crippen molar-refractivity contribution in [3.8, 4) is 0 Å². The van der Waals surface area contributed by atoms with Crippen LogP contribution in [0.4, 0.5) is 0 Å². The molecule has 2 aromatic carbocycles.